The molecule has 3 N–H and O–H groups in total. The lowest BCUT2D eigenvalue weighted by Crippen LogP contribution is -2.44. The molecule has 0 aliphatic rings. The fourth-order valence-corrected chi connectivity index (χ4v) is 0.637. The summed E-state index contributed by atoms with van der Waals surface area (Å²) in [4.78, 5) is 10.3. The van der Waals surface area contributed by atoms with Gasteiger partial charge in [0, 0.05) is 6.92 Å². The molecule has 0 amide bonds. The molecule has 0 spiro atoms. The molecule has 0 aliphatic carbocycles. The van der Waals surface area contributed by atoms with Gasteiger partial charge in [0.2, 0.25) is 0 Å². The van der Waals surface area contributed by atoms with Gasteiger partial charge in [-0.1, -0.05) is 6.92 Å². The first-order valence-electron chi connectivity index (χ1n) is 3.22. The lowest BCUT2D eigenvalue weighted by atomic mass is 10.2. The Morgan fingerprint density at radius 1 is 1.55 bits per heavy atom. The molecule has 1 unspecified atom stereocenters. The van der Waals surface area contributed by atoms with Crippen LogP contribution in [-0.4, -0.2) is 33.4 Å². The number of hydrogen-bond donors (Lipinski definition) is 3. The molecular formula is C6H12O5. The highest BCUT2D eigenvalue weighted by Gasteiger charge is 2.33. The summed E-state index contributed by atoms with van der Waals surface area (Å²) >= 11 is 0. The van der Waals surface area contributed by atoms with E-state index in [1.807, 2.05) is 0 Å². The summed E-state index contributed by atoms with van der Waals surface area (Å²) in [6.45, 7) is 2.67. The first kappa shape index (κ1) is 10.3. The monoisotopic (exact) mass is 164 g/mol. The highest BCUT2D eigenvalue weighted by molar-refractivity contribution is 5.66. The van der Waals surface area contributed by atoms with E-state index in [2.05, 4.69) is 4.74 Å². The smallest absolute Gasteiger partial charge is 0.314 e. The molecule has 0 radical (unpaired) electrons. The van der Waals surface area contributed by atoms with E-state index >= 15 is 0 Å². The van der Waals surface area contributed by atoms with Crippen molar-refractivity contribution in [3.63, 3.8) is 0 Å². The number of carbonyl (C=O) groups excluding carboxylic acids is 1. The summed E-state index contributed by atoms with van der Waals surface area (Å²) in [5, 5.41) is 25.7. The molecular weight excluding hydrogens is 152 g/mol. The summed E-state index contributed by atoms with van der Waals surface area (Å²) in [6, 6.07) is 0. The molecule has 0 rings (SSSR count). The Morgan fingerprint density at radius 3 is 2.09 bits per heavy atom. The van der Waals surface area contributed by atoms with Gasteiger partial charge in [-0.25, -0.2) is 0 Å². The molecule has 0 aromatic carbocycles. The van der Waals surface area contributed by atoms with Crippen LogP contribution in [0.15, 0.2) is 0 Å². The molecule has 0 aromatic heterocycles. The zero-order valence-corrected chi connectivity index (χ0v) is 6.44. The highest BCUT2D eigenvalue weighted by Crippen LogP contribution is 2.10. The molecule has 0 heterocycles. The van der Waals surface area contributed by atoms with Crippen molar-refractivity contribution in [2.45, 2.75) is 32.3 Å². The second kappa shape index (κ2) is 3.66. The van der Waals surface area contributed by atoms with Gasteiger partial charge in [0.15, 0.2) is 6.10 Å². The van der Waals surface area contributed by atoms with Crippen LogP contribution < -0.4 is 0 Å². The topological polar surface area (TPSA) is 87.0 Å². The first-order valence-corrected chi connectivity index (χ1v) is 3.22. The van der Waals surface area contributed by atoms with Crippen molar-refractivity contribution in [1.29, 1.82) is 0 Å². The number of aliphatic hydroxyl groups is 3. The Morgan fingerprint density at radius 2 is 2.00 bits per heavy atom. The fourth-order valence-electron chi connectivity index (χ4n) is 0.637. The SMILES string of the molecule is CCC(OC(C)=O)C(O)(O)O. The lowest BCUT2D eigenvalue weighted by Gasteiger charge is -2.23. The zero-order valence-electron chi connectivity index (χ0n) is 6.44. The van der Waals surface area contributed by atoms with Crippen LogP contribution in [0.25, 0.3) is 0 Å². The minimum absolute atomic E-state index is 0.128. The van der Waals surface area contributed by atoms with Crippen LogP contribution >= 0.6 is 0 Å². The van der Waals surface area contributed by atoms with Crippen LogP contribution in [0.3, 0.4) is 0 Å². The average Bonchev–Trinajstić information content (AvgIpc) is 1.79. The van der Waals surface area contributed by atoms with Crippen molar-refractivity contribution in [2.24, 2.45) is 0 Å². The quantitative estimate of drug-likeness (QED) is 0.366. The largest absolute Gasteiger partial charge is 0.454 e. The molecule has 0 saturated heterocycles. The number of esters is 1. The molecule has 0 saturated carbocycles. The molecule has 0 bridgehead atoms. The van der Waals surface area contributed by atoms with Gasteiger partial charge < -0.3 is 20.1 Å². The van der Waals surface area contributed by atoms with Crippen LogP contribution in [-0.2, 0) is 9.53 Å². The van der Waals surface area contributed by atoms with Gasteiger partial charge in [0.1, 0.15) is 0 Å². The highest BCUT2D eigenvalue weighted by atomic mass is 16.7. The third-order valence-corrected chi connectivity index (χ3v) is 1.11. The minimum Gasteiger partial charge on any atom is -0.454 e. The van der Waals surface area contributed by atoms with Crippen LogP contribution in [0.4, 0.5) is 0 Å². The maximum Gasteiger partial charge on any atom is 0.314 e. The predicted molar refractivity (Wildman–Crippen MR) is 35.2 cm³/mol. The van der Waals surface area contributed by atoms with Gasteiger partial charge in [-0.2, -0.15) is 0 Å². The maximum atomic E-state index is 10.3. The number of hydrogen-bond acceptors (Lipinski definition) is 5. The van der Waals surface area contributed by atoms with E-state index in [-0.39, 0.29) is 6.42 Å². The molecule has 0 aliphatic heterocycles. The molecule has 1 atom stereocenters. The van der Waals surface area contributed by atoms with E-state index in [1.165, 1.54) is 0 Å². The molecule has 0 fully saturated rings. The molecule has 0 aromatic rings. The summed E-state index contributed by atoms with van der Waals surface area (Å²) < 4.78 is 4.38. The second-order valence-electron chi connectivity index (χ2n) is 2.19. The Balaban J connectivity index is 4.07. The Hall–Kier alpha value is -0.650. The first-order chi connectivity index (χ1) is 4.88. The van der Waals surface area contributed by atoms with Crippen LogP contribution in [0.5, 0.6) is 0 Å². The minimum atomic E-state index is -2.94. The number of ether oxygens (including phenoxy) is 1. The van der Waals surface area contributed by atoms with Gasteiger partial charge in [0.25, 0.3) is 0 Å². The van der Waals surface area contributed by atoms with Crippen molar-refractivity contribution < 1.29 is 24.9 Å². The van der Waals surface area contributed by atoms with E-state index in [4.69, 9.17) is 15.3 Å². The number of rotatable bonds is 3. The van der Waals surface area contributed by atoms with Crippen LogP contribution in [0.1, 0.15) is 20.3 Å². The number of carbonyl (C=O) groups is 1. The van der Waals surface area contributed by atoms with E-state index in [0.717, 1.165) is 6.92 Å². The van der Waals surface area contributed by atoms with Crippen LogP contribution in [0, 0.1) is 0 Å². The van der Waals surface area contributed by atoms with Gasteiger partial charge in [-0.05, 0) is 6.42 Å². The van der Waals surface area contributed by atoms with Gasteiger partial charge >= 0.3 is 11.9 Å². The zero-order chi connectivity index (χ0) is 9.07. The molecule has 66 valence electrons. The van der Waals surface area contributed by atoms with Gasteiger partial charge in [-0.3, -0.25) is 4.79 Å². The van der Waals surface area contributed by atoms with Crippen molar-refractivity contribution in [3.8, 4) is 0 Å². The van der Waals surface area contributed by atoms with E-state index in [0.29, 0.717) is 0 Å². The summed E-state index contributed by atoms with van der Waals surface area (Å²) in [6.07, 6.45) is -1.16. The fraction of sp³-hybridized carbons (Fsp3) is 0.833. The Bertz CT molecular complexity index is 136. The maximum absolute atomic E-state index is 10.3. The lowest BCUT2D eigenvalue weighted by molar-refractivity contribution is -0.355. The summed E-state index contributed by atoms with van der Waals surface area (Å²) in [7, 11) is 0. The van der Waals surface area contributed by atoms with Crippen LogP contribution in [0.2, 0.25) is 0 Å². The van der Waals surface area contributed by atoms with Crippen molar-refractivity contribution in [2.75, 3.05) is 0 Å². The third-order valence-electron chi connectivity index (χ3n) is 1.11. The summed E-state index contributed by atoms with van der Waals surface area (Å²) in [5.74, 6) is -3.61. The predicted octanol–water partition coefficient (Wildman–Crippen LogP) is -1.04. The van der Waals surface area contributed by atoms with Crippen molar-refractivity contribution in [1.82, 2.24) is 0 Å². The second-order valence-corrected chi connectivity index (χ2v) is 2.19. The standard InChI is InChI=1S/C6H12O5/c1-3-5(6(8,9)10)11-4(2)7/h5,8-10H,3H2,1-2H3. The third kappa shape index (κ3) is 3.92. The van der Waals surface area contributed by atoms with Gasteiger partial charge in [0.05, 0.1) is 0 Å². The van der Waals surface area contributed by atoms with E-state index in [9.17, 15) is 4.79 Å². The summed E-state index contributed by atoms with van der Waals surface area (Å²) in [5.41, 5.74) is 0. The average molecular weight is 164 g/mol. The van der Waals surface area contributed by atoms with E-state index < -0.39 is 18.0 Å². The Labute approximate surface area is 64.2 Å². The van der Waals surface area contributed by atoms with Crippen molar-refractivity contribution in [3.05, 3.63) is 0 Å². The van der Waals surface area contributed by atoms with Crippen molar-refractivity contribution >= 4 is 5.97 Å². The molecule has 11 heavy (non-hydrogen) atoms. The molecule has 5 heteroatoms. The molecule has 5 nitrogen and oxygen atoms in total. The van der Waals surface area contributed by atoms with Gasteiger partial charge in [-0.15, -0.1) is 0 Å². The Kier molecular flexibility index (Phi) is 3.44. The van der Waals surface area contributed by atoms with E-state index in [1.54, 1.807) is 6.92 Å². The normalized spacial score (nSPS) is 14.3.